The number of nitrogens with zero attached hydrogens (tertiary/aromatic N) is 1. The second-order valence-corrected chi connectivity index (χ2v) is 7.28. The first-order valence-corrected chi connectivity index (χ1v) is 9.96. The number of ether oxygens (including phenoxy) is 2. The van der Waals surface area contributed by atoms with E-state index in [1.54, 1.807) is 17.0 Å². The second-order valence-electron chi connectivity index (χ2n) is 7.28. The highest BCUT2D eigenvalue weighted by atomic mass is 16.6. The van der Waals surface area contributed by atoms with Crippen LogP contribution in [0.1, 0.15) is 23.2 Å². The van der Waals surface area contributed by atoms with Gasteiger partial charge in [-0.1, -0.05) is 30.3 Å². The highest BCUT2D eigenvalue weighted by Crippen LogP contribution is 2.30. The van der Waals surface area contributed by atoms with E-state index in [9.17, 15) is 9.59 Å². The highest BCUT2D eigenvalue weighted by Gasteiger charge is 2.26. The standard InChI is InChI=1S/C22H25N3O4/c26-21(16-6-2-1-3-7-16)24-17-10-12-25(13-11-17)22(27)23-14-18-15-28-19-8-4-5-9-20(19)29-18/h1-9,17-18H,10-15H2,(H,23,27)(H,24,26). The van der Waals surface area contributed by atoms with Gasteiger partial charge < -0.3 is 25.0 Å². The fraction of sp³-hybridized carbons (Fsp3) is 0.364. The molecular weight excluding hydrogens is 370 g/mol. The molecule has 1 unspecified atom stereocenters. The van der Waals surface area contributed by atoms with E-state index in [4.69, 9.17) is 9.47 Å². The van der Waals surface area contributed by atoms with Crippen LogP contribution in [0.2, 0.25) is 0 Å². The third-order valence-electron chi connectivity index (χ3n) is 5.20. The molecule has 0 aliphatic carbocycles. The lowest BCUT2D eigenvalue weighted by Crippen LogP contribution is -2.51. The van der Waals surface area contributed by atoms with Crippen LogP contribution in [0.4, 0.5) is 4.79 Å². The zero-order chi connectivity index (χ0) is 20.1. The zero-order valence-corrected chi connectivity index (χ0v) is 16.2. The number of hydrogen-bond acceptors (Lipinski definition) is 4. The first-order chi connectivity index (χ1) is 14.2. The summed E-state index contributed by atoms with van der Waals surface area (Å²) in [5.74, 6) is 1.37. The summed E-state index contributed by atoms with van der Waals surface area (Å²) < 4.78 is 11.5. The first-order valence-electron chi connectivity index (χ1n) is 9.96. The number of nitrogens with one attached hydrogen (secondary N) is 2. The minimum atomic E-state index is -0.212. The van der Waals surface area contributed by atoms with Gasteiger partial charge in [-0.25, -0.2) is 4.79 Å². The Morgan fingerprint density at radius 1 is 0.966 bits per heavy atom. The lowest BCUT2D eigenvalue weighted by atomic mass is 10.0. The van der Waals surface area contributed by atoms with Crippen LogP contribution in [-0.4, -0.2) is 55.2 Å². The van der Waals surface area contributed by atoms with Crippen molar-refractivity contribution in [2.75, 3.05) is 26.2 Å². The molecule has 2 aromatic carbocycles. The van der Waals surface area contributed by atoms with Gasteiger partial charge in [0, 0.05) is 24.7 Å². The van der Waals surface area contributed by atoms with Gasteiger partial charge in [-0.15, -0.1) is 0 Å². The van der Waals surface area contributed by atoms with Crippen molar-refractivity contribution in [1.29, 1.82) is 0 Å². The average Bonchev–Trinajstić information content (AvgIpc) is 2.78. The van der Waals surface area contributed by atoms with Crippen molar-refractivity contribution in [3.05, 3.63) is 60.2 Å². The van der Waals surface area contributed by atoms with Gasteiger partial charge in [-0.05, 0) is 37.1 Å². The predicted octanol–water partition coefficient (Wildman–Crippen LogP) is 2.43. The zero-order valence-electron chi connectivity index (χ0n) is 16.2. The van der Waals surface area contributed by atoms with Crippen molar-refractivity contribution in [3.8, 4) is 11.5 Å². The smallest absolute Gasteiger partial charge is 0.317 e. The Hall–Kier alpha value is -3.22. The van der Waals surface area contributed by atoms with Crippen molar-refractivity contribution >= 4 is 11.9 Å². The summed E-state index contributed by atoms with van der Waals surface area (Å²) in [7, 11) is 0. The normalized spacial score (nSPS) is 18.8. The molecule has 0 spiro atoms. The van der Waals surface area contributed by atoms with Gasteiger partial charge in [0.25, 0.3) is 5.91 Å². The van der Waals surface area contributed by atoms with Crippen LogP contribution < -0.4 is 20.1 Å². The maximum absolute atomic E-state index is 12.5. The quantitative estimate of drug-likeness (QED) is 0.833. The number of carbonyl (C=O) groups is 2. The van der Waals surface area contributed by atoms with Crippen molar-refractivity contribution < 1.29 is 19.1 Å². The topological polar surface area (TPSA) is 79.9 Å². The van der Waals surface area contributed by atoms with E-state index in [1.807, 2.05) is 42.5 Å². The summed E-state index contributed by atoms with van der Waals surface area (Å²) in [5, 5.41) is 5.98. The molecule has 0 aromatic heterocycles. The molecule has 1 saturated heterocycles. The van der Waals surface area contributed by atoms with Crippen LogP contribution in [0.5, 0.6) is 11.5 Å². The van der Waals surface area contributed by atoms with Gasteiger partial charge in [-0.3, -0.25) is 4.79 Å². The minimum absolute atomic E-state index is 0.0665. The fourth-order valence-electron chi connectivity index (χ4n) is 3.56. The van der Waals surface area contributed by atoms with Crippen LogP contribution >= 0.6 is 0 Å². The van der Waals surface area contributed by atoms with Crippen LogP contribution in [0.3, 0.4) is 0 Å². The van der Waals surface area contributed by atoms with Gasteiger partial charge >= 0.3 is 6.03 Å². The molecule has 1 atom stereocenters. The Morgan fingerprint density at radius 2 is 1.66 bits per heavy atom. The molecule has 3 amide bonds. The summed E-state index contributed by atoms with van der Waals surface area (Å²) in [6.45, 7) is 2.01. The Balaban J connectivity index is 1.19. The Bertz CT molecular complexity index is 850. The van der Waals surface area contributed by atoms with Crippen LogP contribution in [0.25, 0.3) is 0 Å². The number of urea groups is 1. The van der Waals surface area contributed by atoms with E-state index in [0.29, 0.717) is 37.6 Å². The molecule has 0 saturated carbocycles. The third-order valence-corrected chi connectivity index (χ3v) is 5.20. The molecule has 7 nitrogen and oxygen atoms in total. The van der Waals surface area contributed by atoms with Gasteiger partial charge in [-0.2, -0.15) is 0 Å². The number of piperidine rings is 1. The summed E-state index contributed by atoms with van der Waals surface area (Å²) in [6.07, 6.45) is 1.27. The lowest BCUT2D eigenvalue weighted by Gasteiger charge is -2.33. The number of para-hydroxylation sites is 2. The van der Waals surface area contributed by atoms with Gasteiger partial charge in [0.15, 0.2) is 17.6 Å². The minimum Gasteiger partial charge on any atom is -0.486 e. The average molecular weight is 395 g/mol. The summed E-state index contributed by atoms with van der Waals surface area (Å²) in [5.41, 5.74) is 0.656. The van der Waals surface area contributed by atoms with Crippen LogP contribution in [-0.2, 0) is 0 Å². The molecule has 2 heterocycles. The lowest BCUT2D eigenvalue weighted by molar-refractivity contribution is 0.0880. The molecule has 0 radical (unpaired) electrons. The molecular formula is C22H25N3O4. The second kappa shape index (κ2) is 8.86. The van der Waals surface area contributed by atoms with E-state index in [2.05, 4.69) is 10.6 Å². The Kier molecular flexibility index (Phi) is 5.84. The number of amides is 3. The third kappa shape index (κ3) is 4.80. The number of carbonyl (C=O) groups excluding carboxylic acids is 2. The monoisotopic (exact) mass is 395 g/mol. The Morgan fingerprint density at radius 3 is 2.41 bits per heavy atom. The molecule has 2 N–H and O–H groups in total. The summed E-state index contributed by atoms with van der Waals surface area (Å²) in [4.78, 5) is 26.5. The molecule has 1 fully saturated rings. The SMILES string of the molecule is O=C(NC1CCN(C(=O)NCC2COc3ccccc3O2)CC1)c1ccccc1. The summed E-state index contributed by atoms with van der Waals surface area (Å²) >= 11 is 0. The van der Waals surface area contributed by atoms with Crippen LogP contribution in [0, 0.1) is 0 Å². The largest absolute Gasteiger partial charge is 0.486 e. The number of rotatable bonds is 4. The van der Waals surface area contributed by atoms with E-state index in [1.165, 1.54) is 0 Å². The van der Waals surface area contributed by atoms with Gasteiger partial charge in [0.2, 0.25) is 0 Å². The molecule has 2 aromatic rings. The number of fused-ring (bicyclic) bond motifs is 1. The van der Waals surface area contributed by atoms with E-state index in [0.717, 1.165) is 18.6 Å². The number of hydrogen-bond donors (Lipinski definition) is 2. The van der Waals surface area contributed by atoms with E-state index >= 15 is 0 Å². The molecule has 2 aliphatic heterocycles. The predicted molar refractivity (Wildman–Crippen MR) is 108 cm³/mol. The molecule has 29 heavy (non-hydrogen) atoms. The maximum Gasteiger partial charge on any atom is 0.317 e. The van der Waals surface area contributed by atoms with Gasteiger partial charge in [0.05, 0.1) is 6.54 Å². The molecule has 0 bridgehead atoms. The van der Waals surface area contributed by atoms with Crippen molar-refractivity contribution in [2.24, 2.45) is 0 Å². The molecule has 2 aliphatic rings. The van der Waals surface area contributed by atoms with Gasteiger partial charge in [0.1, 0.15) is 6.61 Å². The fourth-order valence-corrected chi connectivity index (χ4v) is 3.56. The number of likely N-dealkylation sites (tertiary alicyclic amines) is 1. The van der Waals surface area contributed by atoms with E-state index in [-0.39, 0.29) is 24.1 Å². The molecule has 4 rings (SSSR count). The van der Waals surface area contributed by atoms with Crippen molar-refractivity contribution in [2.45, 2.75) is 25.0 Å². The van der Waals surface area contributed by atoms with Crippen molar-refractivity contribution in [3.63, 3.8) is 0 Å². The maximum atomic E-state index is 12.5. The number of benzene rings is 2. The van der Waals surface area contributed by atoms with Crippen LogP contribution in [0.15, 0.2) is 54.6 Å². The van der Waals surface area contributed by atoms with E-state index < -0.39 is 0 Å². The molecule has 7 heteroatoms. The van der Waals surface area contributed by atoms with Crippen molar-refractivity contribution in [1.82, 2.24) is 15.5 Å². The summed E-state index contributed by atoms with van der Waals surface area (Å²) in [6, 6.07) is 16.7. The Labute approximate surface area is 170 Å². The first kappa shape index (κ1) is 19.1. The highest BCUT2D eigenvalue weighted by molar-refractivity contribution is 5.94. The molecule has 152 valence electrons.